The molecule has 7 nitrogen and oxygen atoms in total. The van der Waals surface area contributed by atoms with Crippen LogP contribution in [-0.2, 0) is 11.3 Å². The van der Waals surface area contributed by atoms with Crippen LogP contribution in [0, 0.1) is 0 Å². The summed E-state index contributed by atoms with van der Waals surface area (Å²) in [6, 6.07) is 9.24. The number of para-hydroxylation sites is 2. The van der Waals surface area contributed by atoms with E-state index in [4.69, 9.17) is 4.42 Å². The molecule has 0 saturated carbocycles. The average Bonchev–Trinajstić information content (AvgIpc) is 3.27. The minimum absolute atomic E-state index is 0.0707. The van der Waals surface area contributed by atoms with Gasteiger partial charge >= 0.3 is 5.76 Å². The summed E-state index contributed by atoms with van der Waals surface area (Å²) in [5.74, 6) is -0.0398. The number of rotatable bonds is 4. The highest BCUT2D eigenvalue weighted by Crippen LogP contribution is 2.25. The fourth-order valence-electron chi connectivity index (χ4n) is 3.54. The number of H-pyrrole nitrogens is 1. The van der Waals surface area contributed by atoms with E-state index in [0.717, 1.165) is 30.6 Å². The number of hydrogen-bond acceptors (Lipinski definition) is 4. The van der Waals surface area contributed by atoms with Crippen molar-refractivity contribution in [3.63, 3.8) is 0 Å². The molecule has 130 valence electrons. The highest BCUT2D eigenvalue weighted by molar-refractivity contribution is 5.77. The van der Waals surface area contributed by atoms with Gasteiger partial charge in [-0.1, -0.05) is 12.1 Å². The molecule has 1 saturated heterocycles. The van der Waals surface area contributed by atoms with Gasteiger partial charge < -0.3 is 9.32 Å². The number of hydrogen-bond donors (Lipinski definition) is 1. The molecule has 0 unspecified atom stereocenters. The Hall–Kier alpha value is -2.83. The quantitative estimate of drug-likeness (QED) is 0.788. The van der Waals surface area contributed by atoms with E-state index >= 15 is 0 Å². The van der Waals surface area contributed by atoms with E-state index < -0.39 is 5.76 Å². The number of aromatic amines is 1. The fourth-order valence-corrected chi connectivity index (χ4v) is 3.54. The lowest BCUT2D eigenvalue weighted by Crippen LogP contribution is -2.39. The lowest BCUT2D eigenvalue weighted by atomic mass is 9.95. The molecule has 2 aromatic heterocycles. The molecule has 0 radical (unpaired) electrons. The fraction of sp³-hybridized carbons (Fsp3) is 0.389. The lowest BCUT2D eigenvalue weighted by Gasteiger charge is -2.32. The molecule has 1 amide bonds. The molecule has 0 spiro atoms. The van der Waals surface area contributed by atoms with Crippen LogP contribution in [0.4, 0.5) is 0 Å². The molecular formula is C18H20N4O3. The number of aryl methyl sites for hydroxylation is 1. The molecule has 1 aliphatic rings. The van der Waals surface area contributed by atoms with Crippen molar-refractivity contribution in [2.75, 3.05) is 13.1 Å². The third kappa shape index (κ3) is 3.09. The second-order valence-electron chi connectivity index (χ2n) is 6.43. The molecule has 3 aromatic rings. The zero-order valence-corrected chi connectivity index (χ0v) is 13.9. The first-order valence-corrected chi connectivity index (χ1v) is 8.58. The summed E-state index contributed by atoms with van der Waals surface area (Å²) in [6.45, 7) is 1.80. The van der Waals surface area contributed by atoms with Gasteiger partial charge in [0.1, 0.15) is 0 Å². The molecule has 4 rings (SSSR count). The van der Waals surface area contributed by atoms with Gasteiger partial charge in [-0.3, -0.25) is 14.5 Å². The Morgan fingerprint density at radius 3 is 3.04 bits per heavy atom. The molecule has 3 heterocycles. The maximum atomic E-state index is 12.6. The number of nitrogens with zero attached hydrogens (tertiary/aromatic N) is 3. The zero-order chi connectivity index (χ0) is 17.2. The number of piperidine rings is 1. The minimum atomic E-state index is -0.414. The number of likely N-dealkylation sites (tertiary alicyclic amines) is 1. The number of nitrogens with one attached hydrogen (secondary N) is 1. The SMILES string of the molecule is O=C(CCn1c(=O)oc2ccccc21)N1CCC[C@@H](c2ccn[nH]2)C1. The monoisotopic (exact) mass is 340 g/mol. The number of carbonyl (C=O) groups is 1. The molecule has 1 aromatic carbocycles. The van der Waals surface area contributed by atoms with E-state index in [9.17, 15) is 9.59 Å². The van der Waals surface area contributed by atoms with Crippen LogP contribution < -0.4 is 5.76 Å². The number of fused-ring (bicyclic) bond motifs is 1. The number of amides is 1. The van der Waals surface area contributed by atoms with Crippen molar-refractivity contribution in [3.05, 3.63) is 52.8 Å². The van der Waals surface area contributed by atoms with E-state index in [2.05, 4.69) is 10.2 Å². The maximum absolute atomic E-state index is 12.6. The Labute approximate surface area is 144 Å². The molecule has 0 aliphatic carbocycles. The summed E-state index contributed by atoms with van der Waals surface area (Å²) in [5.41, 5.74) is 2.36. The van der Waals surface area contributed by atoms with Gasteiger partial charge in [0.05, 0.1) is 5.52 Å². The normalized spacial score (nSPS) is 17.9. The van der Waals surface area contributed by atoms with Crippen molar-refractivity contribution in [1.82, 2.24) is 19.7 Å². The second kappa shape index (κ2) is 6.58. The highest BCUT2D eigenvalue weighted by Gasteiger charge is 2.25. The largest absolute Gasteiger partial charge is 0.419 e. The lowest BCUT2D eigenvalue weighted by molar-refractivity contribution is -0.132. The van der Waals surface area contributed by atoms with E-state index in [0.29, 0.717) is 31.0 Å². The number of aromatic nitrogens is 3. The van der Waals surface area contributed by atoms with Crippen molar-refractivity contribution in [3.8, 4) is 0 Å². The van der Waals surface area contributed by atoms with Crippen LogP contribution in [0.1, 0.15) is 30.9 Å². The van der Waals surface area contributed by atoms with Gasteiger partial charge in [-0.25, -0.2) is 4.79 Å². The van der Waals surface area contributed by atoms with Crippen molar-refractivity contribution in [2.45, 2.75) is 31.7 Å². The van der Waals surface area contributed by atoms with Crippen molar-refractivity contribution in [2.24, 2.45) is 0 Å². The van der Waals surface area contributed by atoms with Gasteiger partial charge in [0, 0.05) is 43.9 Å². The third-order valence-electron chi connectivity index (χ3n) is 4.86. The first kappa shape index (κ1) is 15.7. The Bertz CT molecular complexity index is 925. The van der Waals surface area contributed by atoms with Crippen LogP contribution >= 0.6 is 0 Å². The first-order valence-electron chi connectivity index (χ1n) is 8.58. The summed E-state index contributed by atoms with van der Waals surface area (Å²) in [4.78, 5) is 26.5. The van der Waals surface area contributed by atoms with Gasteiger partial charge in [0.2, 0.25) is 5.91 Å². The number of oxazole rings is 1. The second-order valence-corrected chi connectivity index (χ2v) is 6.43. The number of carbonyl (C=O) groups excluding carboxylic acids is 1. The van der Waals surface area contributed by atoms with Crippen molar-refractivity contribution >= 4 is 17.0 Å². The van der Waals surface area contributed by atoms with E-state index in [1.54, 1.807) is 12.3 Å². The summed E-state index contributed by atoms with van der Waals surface area (Å²) in [6.07, 6.45) is 4.06. The molecule has 1 fully saturated rings. The van der Waals surface area contributed by atoms with Crippen LogP contribution in [0.3, 0.4) is 0 Å². The minimum Gasteiger partial charge on any atom is -0.408 e. The molecule has 1 atom stereocenters. The third-order valence-corrected chi connectivity index (χ3v) is 4.86. The molecule has 1 aliphatic heterocycles. The van der Waals surface area contributed by atoms with Crippen molar-refractivity contribution < 1.29 is 9.21 Å². The summed E-state index contributed by atoms with van der Waals surface area (Å²) in [5, 5.41) is 7.00. The van der Waals surface area contributed by atoms with Crippen molar-refractivity contribution in [1.29, 1.82) is 0 Å². The topological polar surface area (TPSA) is 84.1 Å². The molecule has 0 bridgehead atoms. The highest BCUT2D eigenvalue weighted by atomic mass is 16.4. The Kier molecular flexibility index (Phi) is 4.13. The van der Waals surface area contributed by atoms with E-state index in [-0.39, 0.29) is 5.91 Å². The summed E-state index contributed by atoms with van der Waals surface area (Å²) < 4.78 is 6.75. The Morgan fingerprint density at radius 1 is 1.32 bits per heavy atom. The number of benzene rings is 1. The Balaban J connectivity index is 1.43. The molecule has 1 N–H and O–H groups in total. The van der Waals surface area contributed by atoms with E-state index in [1.165, 1.54) is 4.57 Å². The molecule has 7 heteroatoms. The average molecular weight is 340 g/mol. The van der Waals surface area contributed by atoms with Gasteiger partial charge in [-0.15, -0.1) is 0 Å². The maximum Gasteiger partial charge on any atom is 0.419 e. The van der Waals surface area contributed by atoms with Gasteiger partial charge in [-0.2, -0.15) is 5.10 Å². The standard InChI is InChI=1S/C18H20N4O3/c23-17(21-10-3-4-13(12-21)14-7-9-19-20-14)8-11-22-15-5-1-2-6-16(15)25-18(22)24/h1-2,5-7,9,13H,3-4,8,10-12H2,(H,19,20)/t13-/m1/s1. The van der Waals surface area contributed by atoms with Crippen LogP contribution in [0.15, 0.2) is 45.7 Å². The molecular weight excluding hydrogens is 320 g/mol. The Morgan fingerprint density at radius 2 is 2.20 bits per heavy atom. The van der Waals surface area contributed by atoms with Crippen LogP contribution in [0.2, 0.25) is 0 Å². The predicted octanol–water partition coefficient (Wildman–Crippen LogP) is 2.11. The van der Waals surface area contributed by atoms with Gasteiger partial charge in [-0.05, 0) is 31.0 Å². The summed E-state index contributed by atoms with van der Waals surface area (Å²) >= 11 is 0. The van der Waals surface area contributed by atoms with Gasteiger partial charge in [0.25, 0.3) is 0 Å². The zero-order valence-electron chi connectivity index (χ0n) is 13.9. The summed E-state index contributed by atoms with van der Waals surface area (Å²) in [7, 11) is 0. The van der Waals surface area contributed by atoms with Crippen LogP contribution in [-0.4, -0.2) is 38.7 Å². The van der Waals surface area contributed by atoms with Gasteiger partial charge in [0.15, 0.2) is 5.58 Å². The molecule has 25 heavy (non-hydrogen) atoms. The van der Waals surface area contributed by atoms with Crippen LogP contribution in [0.5, 0.6) is 0 Å². The predicted molar refractivity (Wildman–Crippen MR) is 92.2 cm³/mol. The van der Waals surface area contributed by atoms with E-state index in [1.807, 2.05) is 29.2 Å². The smallest absolute Gasteiger partial charge is 0.408 e. The van der Waals surface area contributed by atoms with Crippen LogP contribution in [0.25, 0.3) is 11.1 Å². The first-order chi connectivity index (χ1) is 12.2.